The number of rotatable bonds is 8. The number of hydrogen-bond donors (Lipinski definition) is 2. The number of hydrogen-bond acceptors (Lipinski definition) is 5. The zero-order valence-electron chi connectivity index (χ0n) is 20.2. The number of halogens is 3. The monoisotopic (exact) mass is 524 g/mol. The normalized spacial score (nSPS) is 11.3. The Bertz CT molecular complexity index is 1480. The molecule has 0 fully saturated rings. The number of fused-ring (bicyclic) bond motifs is 1. The summed E-state index contributed by atoms with van der Waals surface area (Å²) in [6.45, 7) is 1.95. The standard InChI is InChI=1S/C28H23F3N2O5/c1-2-37-26(35)18-7-10-21(11-8-18)38-27(36)23-16-32-24-12-9-20(15-22(23)24)33-25(34)13-6-17-4-3-5-19(14-17)28(29,30)31/h3-5,7-12,14-16,32H,2,6,13H2,1H3,(H,33,34). The highest BCUT2D eigenvalue weighted by atomic mass is 19.4. The molecule has 196 valence electrons. The minimum atomic E-state index is -4.45. The summed E-state index contributed by atoms with van der Waals surface area (Å²) in [6, 6.07) is 15.7. The van der Waals surface area contributed by atoms with Gasteiger partial charge in [-0.25, -0.2) is 9.59 Å². The summed E-state index contributed by atoms with van der Waals surface area (Å²) in [6.07, 6.45) is -2.85. The van der Waals surface area contributed by atoms with E-state index in [-0.39, 0.29) is 36.7 Å². The van der Waals surface area contributed by atoms with Gasteiger partial charge in [0.25, 0.3) is 0 Å². The van der Waals surface area contributed by atoms with Crippen LogP contribution in [0.4, 0.5) is 18.9 Å². The van der Waals surface area contributed by atoms with Crippen molar-refractivity contribution in [2.75, 3.05) is 11.9 Å². The average molecular weight is 524 g/mol. The molecule has 4 aromatic rings. The zero-order chi connectivity index (χ0) is 27.3. The number of aryl methyl sites for hydroxylation is 1. The minimum absolute atomic E-state index is 0.0246. The number of aromatic nitrogens is 1. The third-order valence-corrected chi connectivity index (χ3v) is 5.66. The summed E-state index contributed by atoms with van der Waals surface area (Å²) in [5.41, 5.74) is 1.25. The van der Waals surface area contributed by atoms with E-state index in [2.05, 4.69) is 10.3 Å². The van der Waals surface area contributed by atoms with Crippen molar-refractivity contribution in [1.82, 2.24) is 4.98 Å². The number of amides is 1. The summed E-state index contributed by atoms with van der Waals surface area (Å²) in [5, 5.41) is 3.22. The van der Waals surface area contributed by atoms with Crippen LogP contribution in [-0.4, -0.2) is 29.4 Å². The highest BCUT2D eigenvalue weighted by Crippen LogP contribution is 2.30. The molecule has 10 heteroatoms. The van der Waals surface area contributed by atoms with Gasteiger partial charge in [0, 0.05) is 29.2 Å². The van der Waals surface area contributed by atoms with E-state index in [9.17, 15) is 27.6 Å². The Morgan fingerprint density at radius 3 is 2.42 bits per heavy atom. The van der Waals surface area contributed by atoms with Crippen LogP contribution in [0.5, 0.6) is 5.75 Å². The molecule has 3 aromatic carbocycles. The SMILES string of the molecule is CCOC(=O)c1ccc(OC(=O)c2c[nH]c3ccc(NC(=O)CCc4cccc(C(F)(F)F)c4)cc23)cc1. The van der Waals surface area contributed by atoms with E-state index in [4.69, 9.17) is 9.47 Å². The summed E-state index contributed by atoms with van der Waals surface area (Å²) >= 11 is 0. The largest absolute Gasteiger partial charge is 0.462 e. The van der Waals surface area contributed by atoms with Gasteiger partial charge in [0.15, 0.2) is 0 Å². The van der Waals surface area contributed by atoms with Crippen LogP contribution < -0.4 is 10.1 Å². The zero-order valence-corrected chi connectivity index (χ0v) is 20.2. The summed E-state index contributed by atoms with van der Waals surface area (Å²) in [4.78, 5) is 40.0. The third kappa shape index (κ3) is 6.39. The number of aromatic amines is 1. The maximum atomic E-state index is 12.9. The Hall–Kier alpha value is -4.60. The van der Waals surface area contributed by atoms with Crippen molar-refractivity contribution in [1.29, 1.82) is 0 Å². The fraction of sp³-hybridized carbons (Fsp3) is 0.179. The van der Waals surface area contributed by atoms with Crippen molar-refractivity contribution in [2.45, 2.75) is 25.9 Å². The second kappa shape index (κ2) is 11.2. The molecule has 4 rings (SSSR count). The molecule has 7 nitrogen and oxygen atoms in total. The number of alkyl halides is 3. The average Bonchev–Trinajstić information content (AvgIpc) is 3.31. The molecule has 0 saturated heterocycles. The van der Waals surface area contributed by atoms with Crippen LogP contribution in [0.1, 0.15) is 45.2 Å². The molecule has 1 amide bonds. The quantitative estimate of drug-likeness (QED) is 0.213. The number of anilines is 1. The van der Waals surface area contributed by atoms with E-state index in [1.54, 1.807) is 25.1 Å². The predicted octanol–water partition coefficient (Wildman–Crippen LogP) is 6.15. The van der Waals surface area contributed by atoms with Crippen LogP contribution in [0.25, 0.3) is 10.9 Å². The lowest BCUT2D eigenvalue weighted by molar-refractivity contribution is -0.137. The molecular formula is C28H23F3N2O5. The van der Waals surface area contributed by atoms with Crippen LogP contribution in [0.2, 0.25) is 0 Å². The van der Waals surface area contributed by atoms with Gasteiger partial charge < -0.3 is 19.8 Å². The molecule has 0 unspecified atom stereocenters. The van der Waals surface area contributed by atoms with E-state index < -0.39 is 23.7 Å². The second-order valence-electron chi connectivity index (χ2n) is 8.34. The smallest absolute Gasteiger partial charge is 0.416 e. The van der Waals surface area contributed by atoms with Gasteiger partial charge >= 0.3 is 18.1 Å². The summed E-state index contributed by atoms with van der Waals surface area (Å²) in [7, 11) is 0. The van der Waals surface area contributed by atoms with Gasteiger partial charge in [-0.2, -0.15) is 13.2 Å². The maximum Gasteiger partial charge on any atom is 0.416 e. The van der Waals surface area contributed by atoms with Gasteiger partial charge in [-0.1, -0.05) is 18.2 Å². The Labute approximate surface area is 215 Å². The van der Waals surface area contributed by atoms with E-state index >= 15 is 0 Å². The van der Waals surface area contributed by atoms with Crippen LogP contribution in [-0.2, 0) is 22.1 Å². The van der Waals surface area contributed by atoms with Crippen molar-refractivity contribution >= 4 is 34.4 Å². The molecule has 0 aliphatic rings. The van der Waals surface area contributed by atoms with Crippen molar-refractivity contribution in [2.24, 2.45) is 0 Å². The highest BCUT2D eigenvalue weighted by Gasteiger charge is 2.30. The van der Waals surface area contributed by atoms with E-state index in [0.717, 1.165) is 12.1 Å². The van der Waals surface area contributed by atoms with Gasteiger partial charge in [0.1, 0.15) is 5.75 Å². The molecule has 0 bridgehead atoms. The molecule has 0 spiro atoms. The van der Waals surface area contributed by atoms with Crippen molar-refractivity contribution in [3.8, 4) is 5.75 Å². The van der Waals surface area contributed by atoms with E-state index in [1.165, 1.54) is 42.6 Å². The molecule has 0 aliphatic carbocycles. The van der Waals surface area contributed by atoms with Gasteiger partial charge in [0.05, 0.1) is 23.3 Å². The summed E-state index contributed by atoms with van der Waals surface area (Å²) in [5.74, 6) is -1.28. The first-order valence-electron chi connectivity index (χ1n) is 11.7. The Kier molecular flexibility index (Phi) is 7.80. The number of nitrogens with one attached hydrogen (secondary N) is 2. The van der Waals surface area contributed by atoms with E-state index in [1.807, 2.05) is 0 Å². The number of benzene rings is 3. The van der Waals surface area contributed by atoms with Crippen molar-refractivity contribution < 1.29 is 37.0 Å². The first-order chi connectivity index (χ1) is 18.1. The molecule has 0 saturated carbocycles. The molecule has 1 aromatic heterocycles. The highest BCUT2D eigenvalue weighted by molar-refractivity contribution is 6.06. The lowest BCUT2D eigenvalue weighted by Gasteiger charge is -2.09. The molecule has 1 heterocycles. The fourth-order valence-electron chi connectivity index (χ4n) is 3.79. The number of carbonyl (C=O) groups excluding carboxylic acids is 3. The molecule has 2 N–H and O–H groups in total. The fourth-order valence-corrected chi connectivity index (χ4v) is 3.79. The Balaban J connectivity index is 1.41. The molecular weight excluding hydrogens is 501 g/mol. The van der Waals surface area contributed by atoms with Crippen LogP contribution in [0.3, 0.4) is 0 Å². The lowest BCUT2D eigenvalue weighted by Crippen LogP contribution is -2.13. The third-order valence-electron chi connectivity index (χ3n) is 5.66. The first-order valence-corrected chi connectivity index (χ1v) is 11.7. The van der Waals surface area contributed by atoms with Crippen LogP contribution in [0, 0.1) is 0 Å². The minimum Gasteiger partial charge on any atom is -0.462 e. The van der Waals surface area contributed by atoms with Gasteiger partial charge in [-0.3, -0.25) is 4.79 Å². The Morgan fingerprint density at radius 2 is 1.71 bits per heavy atom. The van der Waals surface area contributed by atoms with Gasteiger partial charge in [-0.05, 0) is 67.4 Å². The molecule has 0 atom stereocenters. The molecule has 38 heavy (non-hydrogen) atoms. The van der Waals surface area contributed by atoms with Crippen LogP contribution >= 0.6 is 0 Å². The first kappa shape index (κ1) is 26.5. The second-order valence-corrected chi connectivity index (χ2v) is 8.34. The van der Waals surface area contributed by atoms with Crippen molar-refractivity contribution in [3.63, 3.8) is 0 Å². The summed E-state index contributed by atoms with van der Waals surface area (Å²) < 4.78 is 49.1. The number of carbonyl (C=O) groups is 3. The predicted molar refractivity (Wildman–Crippen MR) is 134 cm³/mol. The number of esters is 2. The Morgan fingerprint density at radius 1 is 0.947 bits per heavy atom. The van der Waals surface area contributed by atoms with Gasteiger partial charge in [0.2, 0.25) is 5.91 Å². The molecule has 0 radical (unpaired) electrons. The van der Waals surface area contributed by atoms with E-state index in [0.29, 0.717) is 27.7 Å². The number of H-pyrrole nitrogens is 1. The molecule has 0 aliphatic heterocycles. The maximum absolute atomic E-state index is 12.9. The van der Waals surface area contributed by atoms with Crippen molar-refractivity contribution in [3.05, 3.63) is 95.2 Å². The topological polar surface area (TPSA) is 97.5 Å². The van der Waals surface area contributed by atoms with Gasteiger partial charge in [-0.15, -0.1) is 0 Å². The lowest BCUT2D eigenvalue weighted by atomic mass is 10.1. The van der Waals surface area contributed by atoms with Crippen LogP contribution in [0.15, 0.2) is 72.9 Å². The number of ether oxygens (including phenoxy) is 2.